The Kier molecular flexibility index (Phi) is 2.83. The van der Waals surface area contributed by atoms with Gasteiger partial charge in [0, 0.05) is 15.8 Å². The van der Waals surface area contributed by atoms with Gasteiger partial charge in [0.2, 0.25) is 0 Å². The highest BCUT2D eigenvalue weighted by Gasteiger charge is 2.13. The van der Waals surface area contributed by atoms with E-state index in [4.69, 9.17) is 0 Å². The number of carbonyl (C=O) groups is 1. The molecule has 0 atom stereocenters. The molecule has 15 heavy (non-hydrogen) atoms. The molecule has 0 aliphatic carbocycles. The fourth-order valence-corrected chi connectivity index (χ4v) is 2.84. The normalized spacial score (nSPS) is 10.3. The number of thiazole rings is 1. The van der Waals surface area contributed by atoms with Crippen LogP contribution in [0.4, 0.5) is 0 Å². The number of hydrogen-bond acceptors (Lipinski definition) is 5. The number of methoxy groups -OCH3 is 1. The lowest BCUT2D eigenvalue weighted by Crippen LogP contribution is -2.00. The summed E-state index contributed by atoms with van der Waals surface area (Å²) in [6.45, 7) is 2.04. The molecule has 3 nitrogen and oxygen atoms in total. The zero-order valence-electron chi connectivity index (χ0n) is 8.31. The van der Waals surface area contributed by atoms with Crippen molar-refractivity contribution in [2.24, 2.45) is 0 Å². The molecule has 5 heteroatoms. The third-order valence-electron chi connectivity index (χ3n) is 1.99. The first-order chi connectivity index (χ1) is 7.22. The maximum absolute atomic E-state index is 11.2. The molecule has 0 N–H and O–H groups in total. The van der Waals surface area contributed by atoms with Crippen LogP contribution in [0.2, 0.25) is 0 Å². The first kappa shape index (κ1) is 10.3. The van der Waals surface area contributed by atoms with E-state index in [1.165, 1.54) is 23.3 Å². The molecule has 0 amide bonds. The van der Waals surface area contributed by atoms with Crippen molar-refractivity contribution in [1.29, 1.82) is 0 Å². The predicted octanol–water partition coefficient (Wildman–Crippen LogP) is 2.97. The van der Waals surface area contributed by atoms with Gasteiger partial charge in [-0.2, -0.15) is 0 Å². The summed E-state index contributed by atoms with van der Waals surface area (Å²) in [7, 11) is 1.36. The second-order valence-corrected chi connectivity index (χ2v) is 4.90. The maximum atomic E-state index is 11.2. The maximum Gasteiger partial charge on any atom is 0.357 e. The first-order valence-corrected chi connectivity index (χ1v) is 6.06. The van der Waals surface area contributed by atoms with Crippen molar-refractivity contribution in [2.45, 2.75) is 6.92 Å². The van der Waals surface area contributed by atoms with E-state index in [9.17, 15) is 4.79 Å². The molecule has 0 fully saturated rings. The van der Waals surface area contributed by atoms with Crippen molar-refractivity contribution in [2.75, 3.05) is 7.11 Å². The van der Waals surface area contributed by atoms with Crippen LogP contribution in [0.3, 0.4) is 0 Å². The summed E-state index contributed by atoms with van der Waals surface area (Å²) in [4.78, 5) is 16.6. The van der Waals surface area contributed by atoms with E-state index < -0.39 is 0 Å². The van der Waals surface area contributed by atoms with E-state index in [-0.39, 0.29) is 5.97 Å². The van der Waals surface area contributed by atoms with Crippen LogP contribution in [0.1, 0.15) is 15.4 Å². The Balaban J connectivity index is 2.36. The molecule has 2 aromatic rings. The number of ether oxygens (including phenoxy) is 1. The van der Waals surface area contributed by atoms with Crippen LogP contribution >= 0.6 is 22.7 Å². The van der Waals surface area contributed by atoms with Gasteiger partial charge in [-0.25, -0.2) is 9.78 Å². The van der Waals surface area contributed by atoms with Gasteiger partial charge >= 0.3 is 5.97 Å². The Labute approximate surface area is 95.4 Å². The summed E-state index contributed by atoms with van der Waals surface area (Å²) in [5, 5.41) is 4.61. The lowest BCUT2D eigenvalue weighted by molar-refractivity contribution is 0.0595. The average Bonchev–Trinajstić information content (AvgIpc) is 2.84. The van der Waals surface area contributed by atoms with E-state index in [0.717, 1.165) is 10.6 Å². The minimum Gasteiger partial charge on any atom is -0.464 e. The quantitative estimate of drug-likeness (QED) is 0.756. The fourth-order valence-electron chi connectivity index (χ4n) is 1.20. The number of carbonyl (C=O) groups excluding carboxylic acids is 1. The Hall–Kier alpha value is -1.20. The minimum absolute atomic E-state index is 0.378. The number of aryl methyl sites for hydroxylation is 1. The van der Waals surface area contributed by atoms with E-state index in [0.29, 0.717) is 5.69 Å². The zero-order valence-corrected chi connectivity index (χ0v) is 9.95. The van der Waals surface area contributed by atoms with E-state index >= 15 is 0 Å². The predicted molar refractivity (Wildman–Crippen MR) is 61.5 cm³/mol. The molecule has 0 aliphatic rings. The summed E-state index contributed by atoms with van der Waals surface area (Å²) >= 11 is 3.13. The van der Waals surface area contributed by atoms with Gasteiger partial charge in [0.15, 0.2) is 5.69 Å². The van der Waals surface area contributed by atoms with E-state index in [1.807, 2.05) is 18.4 Å². The summed E-state index contributed by atoms with van der Waals surface area (Å²) in [6.07, 6.45) is 0. The lowest BCUT2D eigenvalue weighted by atomic mass is 10.3. The Bertz CT molecular complexity index is 487. The van der Waals surface area contributed by atoms with Crippen LogP contribution in [0.25, 0.3) is 10.6 Å². The topological polar surface area (TPSA) is 39.2 Å². The largest absolute Gasteiger partial charge is 0.464 e. The zero-order chi connectivity index (χ0) is 10.8. The molecule has 0 spiro atoms. The van der Waals surface area contributed by atoms with Crippen LogP contribution in [0, 0.1) is 6.92 Å². The summed E-state index contributed by atoms with van der Waals surface area (Å²) < 4.78 is 4.61. The molecular weight excluding hydrogens is 230 g/mol. The van der Waals surface area contributed by atoms with Crippen molar-refractivity contribution in [1.82, 2.24) is 4.98 Å². The molecule has 0 unspecified atom stereocenters. The summed E-state index contributed by atoms with van der Waals surface area (Å²) in [6, 6.07) is 2.01. The Morgan fingerprint density at radius 3 is 2.87 bits per heavy atom. The molecule has 2 aromatic heterocycles. The minimum atomic E-state index is -0.384. The van der Waals surface area contributed by atoms with Crippen molar-refractivity contribution in [3.8, 4) is 10.6 Å². The van der Waals surface area contributed by atoms with E-state index in [2.05, 4.69) is 9.72 Å². The average molecular weight is 239 g/mol. The standard InChI is InChI=1S/C10H9NO2S2/c1-6-7(3-4-14-6)9-11-8(5-15-9)10(12)13-2/h3-5H,1-2H3. The number of esters is 1. The third-order valence-corrected chi connectivity index (χ3v) is 3.71. The van der Waals surface area contributed by atoms with Gasteiger partial charge in [0.1, 0.15) is 5.01 Å². The molecule has 0 bridgehead atoms. The molecule has 0 aliphatic heterocycles. The van der Waals surface area contributed by atoms with Gasteiger partial charge in [-0.05, 0) is 18.4 Å². The molecule has 2 heterocycles. The SMILES string of the molecule is COC(=O)c1csc(-c2ccsc2C)n1. The smallest absolute Gasteiger partial charge is 0.357 e. The second kappa shape index (κ2) is 4.12. The van der Waals surface area contributed by atoms with Gasteiger partial charge < -0.3 is 4.74 Å². The third kappa shape index (κ3) is 1.93. The van der Waals surface area contributed by atoms with Crippen LogP contribution < -0.4 is 0 Å². The summed E-state index contributed by atoms with van der Waals surface area (Å²) in [5.41, 5.74) is 1.48. The molecule has 0 saturated heterocycles. The van der Waals surface area contributed by atoms with Gasteiger partial charge in [-0.15, -0.1) is 22.7 Å². The molecule has 0 saturated carbocycles. The monoisotopic (exact) mass is 239 g/mol. The van der Waals surface area contributed by atoms with Gasteiger partial charge in [0.05, 0.1) is 7.11 Å². The number of thiophene rings is 1. The van der Waals surface area contributed by atoms with Crippen molar-refractivity contribution in [3.63, 3.8) is 0 Å². The molecule has 0 aromatic carbocycles. The molecule has 78 valence electrons. The second-order valence-electron chi connectivity index (χ2n) is 2.92. The lowest BCUT2D eigenvalue weighted by Gasteiger charge is -1.93. The van der Waals surface area contributed by atoms with Crippen molar-refractivity contribution in [3.05, 3.63) is 27.4 Å². The number of aromatic nitrogens is 1. The van der Waals surface area contributed by atoms with Gasteiger partial charge in [-0.3, -0.25) is 0 Å². The molecule has 0 radical (unpaired) electrons. The van der Waals surface area contributed by atoms with E-state index in [1.54, 1.807) is 16.7 Å². The van der Waals surface area contributed by atoms with Crippen LogP contribution in [0.15, 0.2) is 16.8 Å². The van der Waals surface area contributed by atoms with Crippen LogP contribution in [-0.4, -0.2) is 18.1 Å². The van der Waals surface area contributed by atoms with Gasteiger partial charge in [0.25, 0.3) is 0 Å². The molecular formula is C10H9NO2S2. The first-order valence-electron chi connectivity index (χ1n) is 4.30. The van der Waals surface area contributed by atoms with Crippen molar-refractivity contribution >= 4 is 28.6 Å². The van der Waals surface area contributed by atoms with Crippen LogP contribution in [-0.2, 0) is 4.74 Å². The Morgan fingerprint density at radius 2 is 2.27 bits per heavy atom. The van der Waals surface area contributed by atoms with Crippen molar-refractivity contribution < 1.29 is 9.53 Å². The number of hydrogen-bond donors (Lipinski definition) is 0. The highest BCUT2D eigenvalue weighted by atomic mass is 32.1. The highest BCUT2D eigenvalue weighted by Crippen LogP contribution is 2.30. The number of nitrogens with zero attached hydrogens (tertiary/aromatic N) is 1. The summed E-state index contributed by atoms with van der Waals surface area (Å²) in [5.74, 6) is -0.384. The highest BCUT2D eigenvalue weighted by molar-refractivity contribution is 7.14. The Morgan fingerprint density at radius 1 is 1.47 bits per heavy atom. The van der Waals surface area contributed by atoms with Crippen LogP contribution in [0.5, 0.6) is 0 Å². The molecule has 2 rings (SSSR count). The van der Waals surface area contributed by atoms with Gasteiger partial charge in [-0.1, -0.05) is 0 Å². The fraction of sp³-hybridized carbons (Fsp3) is 0.200. The number of rotatable bonds is 2.